The zero-order valence-electron chi connectivity index (χ0n) is 13.1. The number of aryl methyl sites for hydroxylation is 2. The first-order chi connectivity index (χ1) is 8.86. The molecule has 19 heavy (non-hydrogen) atoms. The van der Waals surface area contributed by atoms with Crippen LogP contribution in [0.5, 0.6) is 0 Å². The topological polar surface area (TPSA) is 41.3 Å². The molecule has 1 atom stereocenters. The monoisotopic (exact) mass is 267 g/mol. The summed E-state index contributed by atoms with van der Waals surface area (Å²) in [4.78, 5) is 6.50. The van der Waals surface area contributed by atoms with E-state index in [9.17, 15) is 5.11 Å². The molecule has 0 aromatic carbocycles. The van der Waals surface area contributed by atoms with E-state index in [4.69, 9.17) is 0 Å². The third-order valence-electron chi connectivity index (χ3n) is 3.79. The standard InChI is InChI=1S/C15H29N3O/c1-13-16-8-11-18(13)10-7-6-9-17(5)14(12-19)15(2,3)4/h8,11,14,19H,6-7,9-10,12H2,1-5H3. The lowest BCUT2D eigenvalue weighted by atomic mass is 9.86. The van der Waals surface area contributed by atoms with Crippen LogP contribution >= 0.6 is 0 Å². The zero-order valence-corrected chi connectivity index (χ0v) is 13.1. The summed E-state index contributed by atoms with van der Waals surface area (Å²) in [6, 6.07) is 0.225. The molecule has 1 unspecified atom stereocenters. The van der Waals surface area contributed by atoms with Crippen LogP contribution in [0.25, 0.3) is 0 Å². The van der Waals surface area contributed by atoms with Gasteiger partial charge >= 0.3 is 0 Å². The second-order valence-corrected chi connectivity index (χ2v) is 6.42. The Kier molecular flexibility index (Phi) is 6.01. The molecule has 1 rings (SSSR count). The van der Waals surface area contributed by atoms with Crippen molar-refractivity contribution in [3.05, 3.63) is 18.2 Å². The molecule has 0 aliphatic carbocycles. The Balaban J connectivity index is 2.30. The molecule has 0 saturated heterocycles. The highest BCUT2D eigenvalue weighted by atomic mass is 16.3. The molecule has 4 heteroatoms. The molecule has 1 aromatic rings. The fraction of sp³-hybridized carbons (Fsp3) is 0.800. The molecule has 1 aromatic heterocycles. The summed E-state index contributed by atoms with van der Waals surface area (Å²) in [6.45, 7) is 10.8. The van der Waals surface area contributed by atoms with Gasteiger partial charge in [-0.25, -0.2) is 4.98 Å². The van der Waals surface area contributed by atoms with Gasteiger partial charge in [0.15, 0.2) is 0 Å². The van der Waals surface area contributed by atoms with Crippen LogP contribution in [0, 0.1) is 12.3 Å². The molecule has 1 N–H and O–H groups in total. The van der Waals surface area contributed by atoms with Gasteiger partial charge in [0.05, 0.1) is 6.61 Å². The Labute approximate surface area is 117 Å². The van der Waals surface area contributed by atoms with Crippen molar-refractivity contribution >= 4 is 0 Å². The van der Waals surface area contributed by atoms with Crippen LogP contribution in [-0.2, 0) is 6.54 Å². The maximum absolute atomic E-state index is 9.52. The van der Waals surface area contributed by atoms with E-state index in [-0.39, 0.29) is 18.1 Å². The van der Waals surface area contributed by atoms with Crippen LogP contribution in [0.3, 0.4) is 0 Å². The van der Waals surface area contributed by atoms with E-state index in [0.717, 1.165) is 31.8 Å². The van der Waals surface area contributed by atoms with Crippen LogP contribution in [-0.4, -0.2) is 45.8 Å². The number of aromatic nitrogens is 2. The van der Waals surface area contributed by atoms with E-state index in [1.165, 1.54) is 0 Å². The number of imidazole rings is 1. The van der Waals surface area contributed by atoms with Gasteiger partial charge in [-0.05, 0) is 38.8 Å². The van der Waals surface area contributed by atoms with Gasteiger partial charge in [-0.1, -0.05) is 20.8 Å². The highest BCUT2D eigenvalue weighted by Crippen LogP contribution is 2.23. The number of rotatable bonds is 7. The molecule has 0 spiro atoms. The lowest BCUT2D eigenvalue weighted by molar-refractivity contribution is 0.0650. The van der Waals surface area contributed by atoms with Crippen molar-refractivity contribution < 1.29 is 5.11 Å². The number of hydrogen-bond donors (Lipinski definition) is 1. The summed E-state index contributed by atoms with van der Waals surface area (Å²) < 4.78 is 2.19. The van der Waals surface area contributed by atoms with Crippen molar-refractivity contribution in [2.75, 3.05) is 20.2 Å². The van der Waals surface area contributed by atoms with Crippen LogP contribution in [0.4, 0.5) is 0 Å². The Morgan fingerprint density at radius 1 is 1.37 bits per heavy atom. The summed E-state index contributed by atoms with van der Waals surface area (Å²) in [5.41, 5.74) is 0.116. The van der Waals surface area contributed by atoms with Crippen LogP contribution in [0.15, 0.2) is 12.4 Å². The first-order valence-corrected chi connectivity index (χ1v) is 7.15. The Bertz CT molecular complexity index is 368. The highest BCUT2D eigenvalue weighted by molar-refractivity contribution is 4.88. The van der Waals surface area contributed by atoms with Crippen molar-refractivity contribution in [3.63, 3.8) is 0 Å². The maximum Gasteiger partial charge on any atom is 0.105 e. The highest BCUT2D eigenvalue weighted by Gasteiger charge is 2.27. The summed E-state index contributed by atoms with van der Waals surface area (Å²) in [6.07, 6.45) is 6.16. The Morgan fingerprint density at radius 2 is 2.05 bits per heavy atom. The van der Waals surface area contributed by atoms with E-state index in [1.54, 1.807) is 0 Å². The largest absolute Gasteiger partial charge is 0.395 e. The summed E-state index contributed by atoms with van der Waals surface area (Å²) in [5.74, 6) is 1.08. The van der Waals surface area contributed by atoms with Crippen LogP contribution in [0.2, 0.25) is 0 Å². The van der Waals surface area contributed by atoms with E-state index in [0.29, 0.717) is 0 Å². The SMILES string of the molecule is Cc1nccn1CCCCN(C)C(CO)C(C)(C)C. The minimum atomic E-state index is 0.116. The molecule has 0 saturated carbocycles. The molecule has 4 nitrogen and oxygen atoms in total. The molecule has 0 aliphatic heterocycles. The normalized spacial score (nSPS) is 14.1. The molecule has 0 fully saturated rings. The van der Waals surface area contributed by atoms with Gasteiger partial charge in [0, 0.05) is 25.0 Å². The van der Waals surface area contributed by atoms with Gasteiger partial charge < -0.3 is 14.6 Å². The second kappa shape index (κ2) is 7.06. The number of unbranched alkanes of at least 4 members (excludes halogenated alkanes) is 1. The van der Waals surface area contributed by atoms with Crippen LogP contribution < -0.4 is 0 Å². The lowest BCUT2D eigenvalue weighted by Gasteiger charge is -2.36. The van der Waals surface area contributed by atoms with Crippen LogP contribution in [0.1, 0.15) is 39.4 Å². The third-order valence-corrected chi connectivity index (χ3v) is 3.79. The lowest BCUT2D eigenvalue weighted by Crippen LogP contribution is -2.44. The molecule has 0 aliphatic rings. The van der Waals surface area contributed by atoms with Crippen molar-refractivity contribution in [1.82, 2.24) is 14.5 Å². The maximum atomic E-state index is 9.52. The average Bonchev–Trinajstić information content (AvgIpc) is 2.69. The second-order valence-electron chi connectivity index (χ2n) is 6.42. The fourth-order valence-electron chi connectivity index (χ4n) is 2.51. The van der Waals surface area contributed by atoms with E-state index >= 15 is 0 Å². The fourth-order valence-corrected chi connectivity index (χ4v) is 2.51. The smallest absolute Gasteiger partial charge is 0.105 e. The Hall–Kier alpha value is -0.870. The number of aliphatic hydroxyl groups is 1. The minimum Gasteiger partial charge on any atom is -0.395 e. The van der Waals surface area contributed by atoms with Crippen molar-refractivity contribution in [1.29, 1.82) is 0 Å². The predicted molar refractivity (Wildman–Crippen MR) is 79.2 cm³/mol. The van der Waals surface area contributed by atoms with Gasteiger partial charge in [0.25, 0.3) is 0 Å². The quantitative estimate of drug-likeness (QED) is 0.771. The Morgan fingerprint density at radius 3 is 2.53 bits per heavy atom. The zero-order chi connectivity index (χ0) is 14.5. The van der Waals surface area contributed by atoms with Crippen molar-refractivity contribution in [2.24, 2.45) is 5.41 Å². The van der Waals surface area contributed by atoms with Crippen molar-refractivity contribution in [2.45, 2.75) is 53.1 Å². The molecular formula is C15H29N3O. The molecule has 1 heterocycles. The van der Waals surface area contributed by atoms with Gasteiger partial charge in [-0.3, -0.25) is 0 Å². The molecule has 0 radical (unpaired) electrons. The number of likely N-dealkylation sites (N-methyl/N-ethyl adjacent to an activating group) is 1. The third kappa shape index (κ3) is 4.96. The molecule has 0 bridgehead atoms. The number of nitrogens with zero attached hydrogens (tertiary/aromatic N) is 3. The average molecular weight is 267 g/mol. The summed E-state index contributed by atoms with van der Waals surface area (Å²) in [5, 5.41) is 9.52. The van der Waals surface area contributed by atoms with E-state index < -0.39 is 0 Å². The van der Waals surface area contributed by atoms with E-state index in [2.05, 4.69) is 42.3 Å². The van der Waals surface area contributed by atoms with Gasteiger partial charge in [-0.15, -0.1) is 0 Å². The number of hydrogen-bond acceptors (Lipinski definition) is 3. The number of aliphatic hydroxyl groups excluding tert-OH is 1. The molecule has 110 valence electrons. The first kappa shape index (κ1) is 16.2. The first-order valence-electron chi connectivity index (χ1n) is 7.15. The summed E-state index contributed by atoms with van der Waals surface area (Å²) in [7, 11) is 2.11. The van der Waals surface area contributed by atoms with E-state index in [1.807, 2.05) is 19.3 Å². The molecule has 0 amide bonds. The molecular weight excluding hydrogens is 238 g/mol. The van der Waals surface area contributed by atoms with Gasteiger partial charge in [0.2, 0.25) is 0 Å². The minimum absolute atomic E-state index is 0.116. The summed E-state index contributed by atoms with van der Waals surface area (Å²) >= 11 is 0. The van der Waals surface area contributed by atoms with Gasteiger partial charge in [0.1, 0.15) is 5.82 Å². The predicted octanol–water partition coefficient (Wildman–Crippen LogP) is 2.31. The van der Waals surface area contributed by atoms with Crippen molar-refractivity contribution in [3.8, 4) is 0 Å². The van der Waals surface area contributed by atoms with Gasteiger partial charge in [-0.2, -0.15) is 0 Å².